The first kappa shape index (κ1) is 27.3. The minimum absolute atomic E-state index is 0.472. The van der Waals surface area contributed by atoms with Gasteiger partial charge < -0.3 is 0 Å². The maximum atomic E-state index is 11.1. The number of hydrogen-bond acceptors (Lipinski definition) is 1. The van der Waals surface area contributed by atoms with Crippen LogP contribution in [0.25, 0.3) is 0 Å². The van der Waals surface area contributed by atoms with Crippen molar-refractivity contribution in [2.45, 2.75) is 78.6 Å². The zero-order valence-electron chi connectivity index (χ0n) is 17.7. The van der Waals surface area contributed by atoms with Gasteiger partial charge in [-0.05, 0) is 43.9 Å². The number of aryl methyl sites for hydroxylation is 1. The summed E-state index contributed by atoms with van der Waals surface area (Å²) >= 11 is 0. The first-order valence-corrected chi connectivity index (χ1v) is 10.4. The third-order valence-electron chi connectivity index (χ3n) is 3.62. The summed E-state index contributed by atoms with van der Waals surface area (Å²) in [5.74, 6) is 0. The molecule has 27 heavy (non-hydrogen) atoms. The Labute approximate surface area is 167 Å². The Hall–Kier alpha value is -1.96. The zero-order valence-corrected chi connectivity index (χ0v) is 17.7. The van der Waals surface area contributed by atoms with Gasteiger partial charge in [-0.3, -0.25) is 4.98 Å². The highest BCUT2D eigenvalue weighted by molar-refractivity contribution is 5.07. The number of hydrogen-bond donors (Lipinski definition) is 0. The van der Waals surface area contributed by atoms with Gasteiger partial charge in [0, 0.05) is 11.9 Å². The van der Waals surface area contributed by atoms with Crippen LogP contribution < -0.4 is 0 Å². The highest BCUT2D eigenvalue weighted by Gasteiger charge is 1.89. The van der Waals surface area contributed by atoms with Gasteiger partial charge in [-0.1, -0.05) is 95.9 Å². The molecular weight excluding hydrogens is 333 g/mol. The van der Waals surface area contributed by atoms with Crippen LogP contribution in [-0.4, -0.2) is 4.98 Å². The summed E-state index contributed by atoms with van der Waals surface area (Å²) in [5.41, 5.74) is 1.19. The van der Waals surface area contributed by atoms with Crippen molar-refractivity contribution >= 4 is 0 Å². The number of nitrogens with zero attached hydrogens (tertiary/aromatic N) is 1. The Balaban J connectivity index is 0. The molecule has 1 heterocycles. The topological polar surface area (TPSA) is 12.9 Å². The van der Waals surface area contributed by atoms with E-state index in [1.807, 2.05) is 12.3 Å². The van der Waals surface area contributed by atoms with E-state index in [4.69, 9.17) is 0 Å². The van der Waals surface area contributed by atoms with Gasteiger partial charge in [0.1, 0.15) is 0 Å². The van der Waals surface area contributed by atoms with Gasteiger partial charge in [-0.25, -0.2) is 4.39 Å². The van der Waals surface area contributed by atoms with Gasteiger partial charge in [0.15, 0.2) is 0 Å². The Kier molecular flexibility index (Phi) is 26.5. The molecule has 0 aliphatic carbocycles. The van der Waals surface area contributed by atoms with Crippen molar-refractivity contribution in [3.05, 3.63) is 79.5 Å². The highest BCUT2D eigenvalue weighted by atomic mass is 19.1. The maximum Gasteiger partial charge on any atom is 0.0866 e. The molecule has 152 valence electrons. The second kappa shape index (κ2) is 26.3. The second-order valence-electron chi connectivity index (χ2n) is 6.12. The van der Waals surface area contributed by atoms with Crippen molar-refractivity contribution in [3.63, 3.8) is 0 Å². The number of allylic oxidation sites excluding steroid dienone is 6. The van der Waals surface area contributed by atoms with Crippen LogP contribution >= 0.6 is 0 Å². The predicted molar refractivity (Wildman–Crippen MR) is 121 cm³/mol. The molecule has 1 nitrogen and oxygen atoms in total. The van der Waals surface area contributed by atoms with Crippen LogP contribution in [0.4, 0.5) is 4.39 Å². The van der Waals surface area contributed by atoms with Crippen molar-refractivity contribution in [2.24, 2.45) is 0 Å². The van der Waals surface area contributed by atoms with Gasteiger partial charge in [-0.2, -0.15) is 0 Å². The lowest BCUT2D eigenvalue weighted by atomic mass is 10.1. The molecule has 2 heteroatoms. The van der Waals surface area contributed by atoms with E-state index in [0.717, 1.165) is 12.8 Å². The molecule has 0 aliphatic heterocycles. The van der Waals surface area contributed by atoms with Crippen molar-refractivity contribution in [1.82, 2.24) is 4.98 Å². The molecule has 0 spiro atoms. The van der Waals surface area contributed by atoms with E-state index in [2.05, 4.69) is 56.6 Å². The van der Waals surface area contributed by atoms with E-state index in [1.54, 1.807) is 18.2 Å². The molecule has 0 bridgehead atoms. The average Bonchev–Trinajstić information content (AvgIpc) is 2.72. The zero-order chi connectivity index (χ0) is 20.4. The van der Waals surface area contributed by atoms with Crippen molar-refractivity contribution < 1.29 is 4.39 Å². The minimum atomic E-state index is 0.472. The van der Waals surface area contributed by atoms with E-state index in [1.165, 1.54) is 56.7 Å². The third kappa shape index (κ3) is 26.4. The first-order valence-electron chi connectivity index (χ1n) is 10.4. The van der Waals surface area contributed by atoms with Crippen LogP contribution in [0.2, 0.25) is 0 Å². The van der Waals surface area contributed by atoms with E-state index in [-0.39, 0.29) is 0 Å². The molecule has 1 aromatic rings. The first-order chi connectivity index (χ1) is 13.3. The van der Waals surface area contributed by atoms with Crippen molar-refractivity contribution in [1.29, 1.82) is 0 Å². The Morgan fingerprint density at radius 2 is 1.63 bits per heavy atom. The molecule has 0 unspecified atom stereocenters. The third-order valence-corrected chi connectivity index (χ3v) is 3.62. The number of rotatable bonds is 11. The molecular formula is C25H40FN. The normalized spacial score (nSPS) is 10.5. The van der Waals surface area contributed by atoms with Crippen LogP contribution in [0.5, 0.6) is 0 Å². The summed E-state index contributed by atoms with van der Waals surface area (Å²) in [5, 5.41) is 0. The van der Waals surface area contributed by atoms with Crippen molar-refractivity contribution in [2.75, 3.05) is 0 Å². The smallest absolute Gasteiger partial charge is 0.0866 e. The van der Waals surface area contributed by atoms with Gasteiger partial charge in [0.05, 0.1) is 6.33 Å². The minimum Gasteiger partial charge on any atom is -0.261 e. The lowest BCUT2D eigenvalue weighted by molar-refractivity contribution is 0.673. The summed E-state index contributed by atoms with van der Waals surface area (Å²) in [4.78, 5) is 4.30. The van der Waals surface area contributed by atoms with E-state index >= 15 is 0 Å². The fourth-order valence-electron chi connectivity index (χ4n) is 1.89. The lowest BCUT2D eigenvalue weighted by Crippen LogP contribution is -1.86. The summed E-state index contributed by atoms with van der Waals surface area (Å²) in [6, 6.07) is 6.11. The SMILES string of the molecule is C=C/C=C\C=C/F.CCCC.CCCCCC/C=C/CCc1ccccn1. The number of halogens is 1. The molecule has 0 radical (unpaired) electrons. The molecule has 1 rings (SSSR count). The van der Waals surface area contributed by atoms with Crippen LogP contribution in [0.1, 0.15) is 77.8 Å². The van der Waals surface area contributed by atoms with Crippen LogP contribution in [0, 0.1) is 0 Å². The highest BCUT2D eigenvalue weighted by Crippen LogP contribution is 2.04. The standard InChI is InChI=1S/C15H23N.C6H7F.C4H10/c1-2-3-4-5-6-7-8-9-12-15-13-10-11-14-16-15;1-2-3-4-5-6-7;1-3-4-2/h7-8,10-11,13-14H,2-6,9,12H2,1H3;2-6H,1H2;3-4H2,1-2H3/b8-7+;4-3-,6-5-;. The van der Waals surface area contributed by atoms with Crippen LogP contribution in [-0.2, 0) is 6.42 Å². The number of unbranched alkanes of at least 4 members (excludes halogenated alkanes) is 5. The van der Waals surface area contributed by atoms with Gasteiger partial charge in [0.2, 0.25) is 0 Å². The fourth-order valence-corrected chi connectivity index (χ4v) is 1.89. The summed E-state index contributed by atoms with van der Waals surface area (Å²) in [7, 11) is 0. The molecule has 0 fully saturated rings. The number of aromatic nitrogens is 1. The van der Waals surface area contributed by atoms with Gasteiger partial charge >= 0.3 is 0 Å². The summed E-state index contributed by atoms with van der Waals surface area (Å²) < 4.78 is 11.1. The largest absolute Gasteiger partial charge is 0.261 e. The average molecular weight is 374 g/mol. The summed E-state index contributed by atoms with van der Waals surface area (Å²) in [6.45, 7) is 10.0. The van der Waals surface area contributed by atoms with Crippen molar-refractivity contribution in [3.8, 4) is 0 Å². The Morgan fingerprint density at radius 3 is 2.19 bits per heavy atom. The molecule has 0 aliphatic rings. The quantitative estimate of drug-likeness (QED) is 0.215. The molecule has 0 amide bonds. The lowest BCUT2D eigenvalue weighted by Gasteiger charge is -1.96. The molecule has 0 aromatic carbocycles. The van der Waals surface area contributed by atoms with Gasteiger partial charge in [-0.15, -0.1) is 0 Å². The van der Waals surface area contributed by atoms with Crippen LogP contribution in [0.3, 0.4) is 0 Å². The van der Waals surface area contributed by atoms with E-state index in [0.29, 0.717) is 6.33 Å². The summed E-state index contributed by atoms with van der Waals surface area (Å²) in [6.07, 6.45) is 24.5. The molecule has 0 saturated carbocycles. The molecule has 0 atom stereocenters. The second-order valence-corrected chi connectivity index (χ2v) is 6.12. The van der Waals surface area contributed by atoms with Crippen LogP contribution in [0.15, 0.2) is 73.8 Å². The Morgan fingerprint density at radius 1 is 0.889 bits per heavy atom. The molecule has 1 aromatic heterocycles. The van der Waals surface area contributed by atoms with E-state index in [9.17, 15) is 4.39 Å². The maximum absolute atomic E-state index is 11.1. The van der Waals surface area contributed by atoms with Gasteiger partial charge in [0.25, 0.3) is 0 Å². The molecule has 0 saturated heterocycles. The fraction of sp³-hybridized carbons (Fsp3) is 0.480. The Bertz CT molecular complexity index is 472. The predicted octanol–water partition coefficient (Wildman–Crippen LogP) is 8.56. The monoisotopic (exact) mass is 373 g/mol. The number of pyridine rings is 1. The van der Waals surface area contributed by atoms with E-state index < -0.39 is 0 Å². The molecule has 0 N–H and O–H groups in total.